The molecule has 39 heavy (non-hydrogen) atoms. The Balaban J connectivity index is 1.68. The van der Waals surface area contributed by atoms with Crippen molar-refractivity contribution in [3.05, 3.63) is 70.0 Å². The van der Waals surface area contributed by atoms with Gasteiger partial charge in [-0.15, -0.1) is 0 Å². The molecule has 0 atom stereocenters. The number of thioether (sulfide) groups is 1. The van der Waals surface area contributed by atoms with Gasteiger partial charge in [0.2, 0.25) is 5.91 Å². The van der Waals surface area contributed by atoms with Crippen LogP contribution >= 0.6 is 11.8 Å². The van der Waals surface area contributed by atoms with E-state index in [1.807, 2.05) is 35.2 Å². The lowest BCUT2D eigenvalue weighted by atomic mass is 9.62. The van der Waals surface area contributed by atoms with Crippen LogP contribution in [0, 0.1) is 0 Å². The Morgan fingerprint density at radius 3 is 2.51 bits per heavy atom. The van der Waals surface area contributed by atoms with Crippen molar-refractivity contribution in [2.75, 3.05) is 26.0 Å². The summed E-state index contributed by atoms with van der Waals surface area (Å²) in [5.41, 5.74) is 4.46. The van der Waals surface area contributed by atoms with Crippen LogP contribution in [0.2, 0.25) is 0 Å². The van der Waals surface area contributed by atoms with Gasteiger partial charge in [-0.3, -0.25) is 14.2 Å². The topological polar surface area (TPSA) is 64.4 Å². The number of ether oxygens (including phenoxy) is 1. The molecule has 1 amide bonds. The van der Waals surface area contributed by atoms with Crippen molar-refractivity contribution >= 4 is 17.7 Å². The molecule has 0 aliphatic heterocycles. The molecular formula is C32H39N3O3S. The normalized spacial score (nSPS) is 15.5. The van der Waals surface area contributed by atoms with Gasteiger partial charge in [0.1, 0.15) is 5.75 Å². The second kappa shape index (κ2) is 12.0. The van der Waals surface area contributed by atoms with Crippen molar-refractivity contribution in [1.29, 1.82) is 0 Å². The molecule has 2 aromatic carbocycles. The number of carbonyl (C=O) groups excluding carboxylic acids is 1. The van der Waals surface area contributed by atoms with Gasteiger partial charge in [0, 0.05) is 30.1 Å². The van der Waals surface area contributed by atoms with E-state index >= 15 is 0 Å². The largest absolute Gasteiger partial charge is 0.497 e. The summed E-state index contributed by atoms with van der Waals surface area (Å²) in [6, 6.07) is 16.0. The van der Waals surface area contributed by atoms with Gasteiger partial charge >= 0.3 is 0 Å². The fourth-order valence-corrected chi connectivity index (χ4v) is 7.29. The summed E-state index contributed by atoms with van der Waals surface area (Å²) in [4.78, 5) is 35.1. The van der Waals surface area contributed by atoms with E-state index in [-0.39, 0.29) is 22.6 Å². The molecule has 7 heteroatoms. The maximum Gasteiger partial charge on any atom is 0.263 e. The number of fused-ring (bicyclic) bond motifs is 4. The molecule has 0 N–H and O–H groups in total. The van der Waals surface area contributed by atoms with Crippen LogP contribution in [0.15, 0.2) is 58.5 Å². The quantitative estimate of drug-likeness (QED) is 0.230. The minimum Gasteiger partial charge on any atom is -0.497 e. The number of methoxy groups -OCH3 is 1. The SMILES string of the molecule is CCCN(CCC)C(=O)CSc1nc2c(c(=O)n1-c1cccc(OC)c1)C1(CCCCC1)Cc1ccccc1-2. The van der Waals surface area contributed by atoms with Gasteiger partial charge < -0.3 is 9.64 Å². The lowest BCUT2D eigenvalue weighted by Gasteiger charge is -2.42. The molecule has 1 saturated carbocycles. The molecule has 1 heterocycles. The summed E-state index contributed by atoms with van der Waals surface area (Å²) in [5, 5.41) is 0.552. The zero-order valence-corrected chi connectivity index (χ0v) is 24.2. The first-order valence-electron chi connectivity index (χ1n) is 14.3. The minimum absolute atomic E-state index is 0.0152. The molecule has 0 unspecified atom stereocenters. The summed E-state index contributed by atoms with van der Waals surface area (Å²) >= 11 is 1.36. The Hall–Kier alpha value is -3.06. The monoisotopic (exact) mass is 545 g/mol. The highest BCUT2D eigenvalue weighted by Gasteiger charge is 2.43. The highest BCUT2D eigenvalue weighted by atomic mass is 32.2. The molecule has 1 fully saturated rings. The molecule has 5 rings (SSSR count). The Morgan fingerprint density at radius 2 is 1.79 bits per heavy atom. The van der Waals surface area contributed by atoms with Crippen molar-refractivity contribution in [1.82, 2.24) is 14.5 Å². The number of amides is 1. The number of rotatable bonds is 9. The maximum atomic E-state index is 14.7. The predicted molar refractivity (Wildman–Crippen MR) is 158 cm³/mol. The van der Waals surface area contributed by atoms with E-state index in [2.05, 4.69) is 32.0 Å². The van der Waals surface area contributed by atoms with Crippen molar-refractivity contribution < 1.29 is 9.53 Å². The number of benzene rings is 2. The summed E-state index contributed by atoms with van der Waals surface area (Å²) < 4.78 is 7.23. The Morgan fingerprint density at radius 1 is 1.05 bits per heavy atom. The average Bonchev–Trinajstić information content (AvgIpc) is 2.96. The van der Waals surface area contributed by atoms with Crippen LogP contribution in [-0.2, 0) is 16.6 Å². The number of nitrogens with zero attached hydrogens (tertiary/aromatic N) is 3. The van der Waals surface area contributed by atoms with Crippen LogP contribution in [0.1, 0.15) is 69.9 Å². The van der Waals surface area contributed by atoms with Crippen molar-refractivity contribution in [2.45, 2.75) is 75.8 Å². The summed E-state index contributed by atoms with van der Waals surface area (Å²) in [5.74, 6) is 0.998. The number of aromatic nitrogens is 2. The molecule has 1 spiro atoms. The fraction of sp³-hybridized carbons (Fsp3) is 0.469. The van der Waals surface area contributed by atoms with Crippen LogP contribution < -0.4 is 10.3 Å². The lowest BCUT2D eigenvalue weighted by Crippen LogP contribution is -2.43. The first kappa shape index (κ1) is 27.5. The molecule has 6 nitrogen and oxygen atoms in total. The standard InChI is InChI=1S/C32H39N3O3S/c1-4-18-34(19-5-2)27(36)22-39-31-33-29-26-15-8-7-12-23(26)21-32(16-9-6-10-17-32)28(29)30(37)35(31)24-13-11-14-25(20-24)38-3/h7-8,11-15,20H,4-6,9-10,16-19,21-22H2,1-3H3. The molecule has 3 aromatic rings. The highest BCUT2D eigenvalue weighted by Crippen LogP contribution is 2.49. The maximum absolute atomic E-state index is 14.7. The lowest BCUT2D eigenvalue weighted by molar-refractivity contribution is -0.128. The Kier molecular flexibility index (Phi) is 8.46. The van der Waals surface area contributed by atoms with E-state index in [1.54, 1.807) is 11.7 Å². The van der Waals surface area contributed by atoms with Crippen LogP contribution in [-0.4, -0.2) is 46.3 Å². The van der Waals surface area contributed by atoms with Crippen molar-refractivity contribution in [3.63, 3.8) is 0 Å². The van der Waals surface area contributed by atoms with Gasteiger partial charge in [-0.05, 0) is 49.8 Å². The second-order valence-corrected chi connectivity index (χ2v) is 11.7. The zero-order valence-electron chi connectivity index (χ0n) is 23.4. The average molecular weight is 546 g/mol. The third-order valence-electron chi connectivity index (χ3n) is 8.17. The number of hydrogen-bond acceptors (Lipinski definition) is 5. The van der Waals surface area contributed by atoms with Gasteiger partial charge in [-0.1, -0.05) is 75.2 Å². The molecule has 2 aliphatic rings. The van der Waals surface area contributed by atoms with Crippen molar-refractivity contribution in [2.24, 2.45) is 0 Å². The molecule has 2 aliphatic carbocycles. The first-order valence-corrected chi connectivity index (χ1v) is 15.3. The summed E-state index contributed by atoms with van der Waals surface area (Å²) in [6.45, 7) is 5.66. The van der Waals surface area contributed by atoms with Crippen LogP contribution in [0.3, 0.4) is 0 Å². The Bertz CT molecular complexity index is 1390. The van der Waals surface area contributed by atoms with Gasteiger partial charge in [-0.2, -0.15) is 0 Å². The molecular weight excluding hydrogens is 506 g/mol. The smallest absolute Gasteiger partial charge is 0.263 e. The van der Waals surface area contributed by atoms with E-state index in [0.717, 1.165) is 74.9 Å². The fourth-order valence-electron chi connectivity index (χ4n) is 6.38. The third kappa shape index (κ3) is 5.38. The molecule has 0 radical (unpaired) electrons. The highest BCUT2D eigenvalue weighted by molar-refractivity contribution is 7.99. The molecule has 206 valence electrons. The van der Waals surface area contributed by atoms with E-state index < -0.39 is 0 Å². The van der Waals surface area contributed by atoms with Crippen LogP contribution in [0.5, 0.6) is 5.75 Å². The van der Waals surface area contributed by atoms with Gasteiger partial charge in [0.25, 0.3) is 5.56 Å². The molecule has 0 saturated heterocycles. The zero-order chi connectivity index (χ0) is 27.4. The second-order valence-electron chi connectivity index (χ2n) is 10.8. The predicted octanol–water partition coefficient (Wildman–Crippen LogP) is 6.41. The molecule has 0 bridgehead atoms. The van der Waals surface area contributed by atoms with Crippen LogP contribution in [0.4, 0.5) is 0 Å². The number of hydrogen-bond donors (Lipinski definition) is 0. The molecule has 1 aromatic heterocycles. The van der Waals surface area contributed by atoms with Gasteiger partial charge in [0.05, 0.1) is 29.8 Å². The van der Waals surface area contributed by atoms with Gasteiger partial charge in [0.15, 0.2) is 5.16 Å². The van der Waals surface area contributed by atoms with Crippen LogP contribution in [0.25, 0.3) is 16.9 Å². The van der Waals surface area contributed by atoms with E-state index in [0.29, 0.717) is 16.6 Å². The number of carbonyl (C=O) groups is 1. The van der Waals surface area contributed by atoms with Gasteiger partial charge in [-0.25, -0.2) is 4.98 Å². The van der Waals surface area contributed by atoms with E-state index in [9.17, 15) is 9.59 Å². The summed E-state index contributed by atoms with van der Waals surface area (Å²) in [7, 11) is 1.63. The van der Waals surface area contributed by atoms with Crippen molar-refractivity contribution in [3.8, 4) is 22.7 Å². The summed E-state index contributed by atoms with van der Waals surface area (Å²) in [6.07, 6.45) is 8.15. The van der Waals surface area contributed by atoms with E-state index in [1.165, 1.54) is 23.7 Å². The Labute approximate surface area is 235 Å². The minimum atomic E-state index is -0.204. The first-order chi connectivity index (χ1) is 19.0. The van der Waals surface area contributed by atoms with E-state index in [4.69, 9.17) is 9.72 Å². The third-order valence-corrected chi connectivity index (χ3v) is 9.09.